The van der Waals surface area contributed by atoms with E-state index in [-0.39, 0.29) is 30.5 Å². The molecule has 8 heteroatoms. The molecule has 2 saturated heterocycles. The lowest BCUT2D eigenvalue weighted by molar-refractivity contribution is -0.142. The summed E-state index contributed by atoms with van der Waals surface area (Å²) >= 11 is 1.89. The van der Waals surface area contributed by atoms with Gasteiger partial charge in [0.15, 0.2) is 0 Å². The number of amides is 2. The summed E-state index contributed by atoms with van der Waals surface area (Å²) in [7, 11) is 0. The van der Waals surface area contributed by atoms with Crippen LogP contribution in [0.15, 0.2) is 48.6 Å². The Morgan fingerprint density at radius 3 is 2.05 bits per heavy atom. The highest BCUT2D eigenvalue weighted by Crippen LogP contribution is 2.33. The monoisotopic (exact) mass is 546 g/mol. The summed E-state index contributed by atoms with van der Waals surface area (Å²) in [6.07, 6.45) is 29.1. The zero-order chi connectivity index (χ0) is 27.4. The summed E-state index contributed by atoms with van der Waals surface area (Å²) in [6.45, 7) is 0. The maximum atomic E-state index is 11.7. The van der Waals surface area contributed by atoms with Crippen LogP contribution in [-0.4, -0.2) is 51.3 Å². The number of carbonyl (C=O) groups is 3. The molecule has 0 saturated carbocycles. The van der Waals surface area contributed by atoms with Crippen molar-refractivity contribution in [1.82, 2.24) is 10.6 Å². The lowest BCUT2D eigenvalue weighted by Crippen LogP contribution is -2.36. The zero-order valence-corrected chi connectivity index (χ0v) is 23.4. The lowest BCUT2D eigenvalue weighted by atomic mass is 9.93. The van der Waals surface area contributed by atoms with Gasteiger partial charge in [0, 0.05) is 17.4 Å². The summed E-state index contributed by atoms with van der Waals surface area (Å²) in [5.41, 5.74) is 0. The van der Waals surface area contributed by atoms with Crippen molar-refractivity contribution < 1.29 is 24.6 Å². The molecule has 2 fully saturated rings. The molecule has 2 amide bonds. The number of hydrogen-bond acceptors (Lipinski definition) is 4. The number of aliphatic carboxylic acids is 2. The molecule has 38 heavy (non-hydrogen) atoms. The summed E-state index contributed by atoms with van der Waals surface area (Å²) in [6, 6.07) is 0.348. The SMILES string of the molecule is O=C(O)CCCC=CCC=CCC=CCC=CCCCCCC(CCC[C@@H]1SC[C@@H]2NC(=O)N[C@@H]21)C(=O)O. The van der Waals surface area contributed by atoms with E-state index in [9.17, 15) is 19.5 Å². The van der Waals surface area contributed by atoms with E-state index >= 15 is 0 Å². The van der Waals surface area contributed by atoms with Gasteiger partial charge in [-0.15, -0.1) is 0 Å². The van der Waals surface area contributed by atoms with Crippen LogP contribution >= 0.6 is 11.8 Å². The number of carboxylic acids is 2. The number of urea groups is 1. The number of carbonyl (C=O) groups excluding carboxylic acids is 1. The van der Waals surface area contributed by atoms with Gasteiger partial charge in [0.25, 0.3) is 0 Å². The largest absolute Gasteiger partial charge is 0.481 e. The molecule has 0 aliphatic carbocycles. The van der Waals surface area contributed by atoms with Crippen molar-refractivity contribution in [3.05, 3.63) is 48.6 Å². The predicted molar refractivity (Wildman–Crippen MR) is 155 cm³/mol. The molecule has 212 valence electrons. The fraction of sp³-hybridized carbons (Fsp3) is 0.633. The van der Waals surface area contributed by atoms with Crippen molar-refractivity contribution in [3.8, 4) is 0 Å². The van der Waals surface area contributed by atoms with Crippen molar-refractivity contribution in [2.45, 2.75) is 107 Å². The fourth-order valence-corrected chi connectivity index (χ4v) is 6.39. The van der Waals surface area contributed by atoms with Crippen LogP contribution < -0.4 is 10.6 Å². The second-order valence-electron chi connectivity index (χ2n) is 10.1. The predicted octanol–water partition coefficient (Wildman–Crippen LogP) is 6.62. The van der Waals surface area contributed by atoms with Crippen LogP contribution in [0.3, 0.4) is 0 Å². The third kappa shape index (κ3) is 13.9. The molecule has 0 radical (unpaired) electrons. The summed E-state index contributed by atoms with van der Waals surface area (Å²) in [5, 5.41) is 24.5. The van der Waals surface area contributed by atoms with Crippen LogP contribution in [0.5, 0.6) is 0 Å². The smallest absolute Gasteiger partial charge is 0.315 e. The van der Waals surface area contributed by atoms with Crippen LogP contribution in [-0.2, 0) is 9.59 Å². The molecular weight excluding hydrogens is 500 g/mol. The minimum absolute atomic E-state index is 0.0716. The standard InChI is InChI=1S/C30H46N2O5S/c33-27(34)22-17-15-13-11-9-7-5-3-1-2-4-6-8-10-12-14-16-19-24(29(35)36)20-18-21-26-28-25(23-38-26)31-30(37)32-28/h1-2,5-8,11,13,24-26,28H,3-4,9-10,12,14-23H2,(H,33,34)(H,35,36)(H2,31,32,37)/t24?,25-,26-,28-/m0/s1. The third-order valence-electron chi connectivity index (χ3n) is 7.00. The number of allylic oxidation sites excluding steroid dienone is 8. The van der Waals surface area contributed by atoms with Gasteiger partial charge in [0.1, 0.15) is 0 Å². The van der Waals surface area contributed by atoms with Crippen molar-refractivity contribution in [2.75, 3.05) is 5.75 Å². The molecule has 2 heterocycles. The topological polar surface area (TPSA) is 116 Å². The summed E-state index contributed by atoms with van der Waals surface area (Å²) in [5.74, 6) is -0.731. The average molecular weight is 547 g/mol. The molecule has 2 rings (SSSR count). The summed E-state index contributed by atoms with van der Waals surface area (Å²) in [4.78, 5) is 33.6. The van der Waals surface area contributed by atoms with Crippen LogP contribution in [0.25, 0.3) is 0 Å². The van der Waals surface area contributed by atoms with E-state index in [0.717, 1.165) is 82.8 Å². The molecule has 0 spiro atoms. The average Bonchev–Trinajstić information content (AvgIpc) is 3.43. The van der Waals surface area contributed by atoms with Gasteiger partial charge in [-0.2, -0.15) is 11.8 Å². The molecular formula is C30H46N2O5S. The number of fused-ring (bicyclic) bond motifs is 1. The fourth-order valence-electron chi connectivity index (χ4n) is 4.85. The second-order valence-corrected chi connectivity index (χ2v) is 11.4. The number of unbranched alkanes of at least 4 members (excludes halogenated alkanes) is 4. The number of hydrogen-bond donors (Lipinski definition) is 4. The highest BCUT2D eigenvalue weighted by molar-refractivity contribution is 8.00. The Hall–Kier alpha value is -2.48. The van der Waals surface area contributed by atoms with E-state index in [1.807, 2.05) is 17.8 Å². The molecule has 1 unspecified atom stereocenters. The first kappa shape index (κ1) is 31.7. The molecule has 4 N–H and O–H groups in total. The maximum absolute atomic E-state index is 11.7. The first-order chi connectivity index (χ1) is 18.5. The number of carboxylic acid groups (broad SMARTS) is 2. The van der Waals surface area contributed by atoms with Crippen LogP contribution in [0, 0.1) is 5.92 Å². The van der Waals surface area contributed by atoms with Gasteiger partial charge >= 0.3 is 18.0 Å². The Kier molecular flexibility index (Phi) is 16.3. The number of rotatable bonds is 21. The van der Waals surface area contributed by atoms with Crippen molar-refractivity contribution >= 4 is 29.7 Å². The van der Waals surface area contributed by atoms with Crippen molar-refractivity contribution in [2.24, 2.45) is 5.92 Å². The molecule has 0 aromatic rings. The maximum Gasteiger partial charge on any atom is 0.315 e. The van der Waals surface area contributed by atoms with Crippen LogP contribution in [0.2, 0.25) is 0 Å². The normalized spacial score (nSPS) is 22.0. The van der Waals surface area contributed by atoms with Crippen LogP contribution in [0.4, 0.5) is 4.79 Å². The molecule has 7 nitrogen and oxygen atoms in total. The van der Waals surface area contributed by atoms with Gasteiger partial charge in [-0.25, -0.2) is 4.79 Å². The minimum atomic E-state index is -0.735. The number of thioether (sulfide) groups is 1. The third-order valence-corrected chi connectivity index (χ3v) is 8.51. The van der Waals surface area contributed by atoms with Gasteiger partial charge < -0.3 is 20.8 Å². The molecule has 2 aliphatic heterocycles. The van der Waals surface area contributed by atoms with E-state index in [4.69, 9.17) is 5.11 Å². The second kappa shape index (κ2) is 19.6. The minimum Gasteiger partial charge on any atom is -0.481 e. The van der Waals surface area contributed by atoms with Gasteiger partial charge in [0.2, 0.25) is 0 Å². The number of nitrogens with one attached hydrogen (secondary N) is 2. The van der Waals surface area contributed by atoms with Gasteiger partial charge in [-0.05, 0) is 64.2 Å². The Morgan fingerprint density at radius 2 is 1.42 bits per heavy atom. The Balaban J connectivity index is 1.43. The van der Waals surface area contributed by atoms with E-state index in [1.54, 1.807) is 0 Å². The van der Waals surface area contributed by atoms with E-state index in [1.165, 1.54) is 0 Å². The zero-order valence-electron chi connectivity index (χ0n) is 22.6. The van der Waals surface area contributed by atoms with Crippen molar-refractivity contribution in [1.29, 1.82) is 0 Å². The van der Waals surface area contributed by atoms with E-state index in [0.29, 0.717) is 11.7 Å². The molecule has 4 atom stereocenters. The highest BCUT2D eigenvalue weighted by atomic mass is 32.2. The van der Waals surface area contributed by atoms with Gasteiger partial charge in [-0.1, -0.05) is 67.9 Å². The highest BCUT2D eigenvalue weighted by Gasteiger charge is 2.42. The lowest BCUT2D eigenvalue weighted by Gasteiger charge is -2.18. The quantitative estimate of drug-likeness (QED) is 0.0730. The van der Waals surface area contributed by atoms with E-state index < -0.39 is 11.9 Å². The Morgan fingerprint density at radius 1 is 0.816 bits per heavy atom. The summed E-state index contributed by atoms with van der Waals surface area (Å²) < 4.78 is 0. The molecule has 0 aromatic heterocycles. The van der Waals surface area contributed by atoms with E-state index in [2.05, 4.69) is 53.2 Å². The molecule has 2 aliphatic rings. The van der Waals surface area contributed by atoms with Crippen molar-refractivity contribution in [3.63, 3.8) is 0 Å². The molecule has 0 bridgehead atoms. The first-order valence-corrected chi connectivity index (χ1v) is 15.3. The van der Waals surface area contributed by atoms with Crippen LogP contribution in [0.1, 0.15) is 89.9 Å². The Bertz CT molecular complexity index is 838. The first-order valence-electron chi connectivity index (χ1n) is 14.2. The van der Waals surface area contributed by atoms with Gasteiger partial charge in [-0.3, -0.25) is 9.59 Å². The van der Waals surface area contributed by atoms with Gasteiger partial charge in [0.05, 0.1) is 18.0 Å². The Labute approximate surface area is 232 Å². The molecule has 0 aromatic carbocycles.